The lowest BCUT2D eigenvalue weighted by Gasteiger charge is -2.16. The monoisotopic (exact) mass is 262 g/mol. The summed E-state index contributed by atoms with van der Waals surface area (Å²) in [6.07, 6.45) is 3.22. The standard InChI is InChI=1S/C15H22N2O2/c16-14(7-8-15(18)19)13-5-3-12(4-6-13)11-17-9-1-2-10-17/h3-6,14H,1-2,7-11,16H2,(H,18,19). The molecular formula is C15H22N2O2. The van der Waals surface area contributed by atoms with Gasteiger partial charge in [0.25, 0.3) is 0 Å². The van der Waals surface area contributed by atoms with Gasteiger partial charge in [0.2, 0.25) is 0 Å². The SMILES string of the molecule is NC(CCC(=O)O)c1ccc(CN2CCCC2)cc1. The second-order valence-corrected chi connectivity index (χ2v) is 5.26. The molecule has 1 unspecified atom stereocenters. The molecule has 4 nitrogen and oxygen atoms in total. The van der Waals surface area contributed by atoms with Gasteiger partial charge in [0.05, 0.1) is 0 Å². The first-order valence-corrected chi connectivity index (χ1v) is 6.94. The molecule has 1 aromatic carbocycles. The second-order valence-electron chi connectivity index (χ2n) is 5.26. The van der Waals surface area contributed by atoms with Crippen LogP contribution in [-0.2, 0) is 11.3 Å². The van der Waals surface area contributed by atoms with E-state index in [1.165, 1.54) is 31.5 Å². The van der Waals surface area contributed by atoms with Gasteiger partial charge in [-0.05, 0) is 43.5 Å². The Morgan fingerprint density at radius 3 is 2.47 bits per heavy atom. The zero-order valence-electron chi connectivity index (χ0n) is 11.2. The lowest BCUT2D eigenvalue weighted by Crippen LogP contribution is -2.18. The van der Waals surface area contributed by atoms with Crippen LogP contribution in [0.2, 0.25) is 0 Å². The molecule has 4 heteroatoms. The second kappa shape index (κ2) is 6.68. The van der Waals surface area contributed by atoms with Gasteiger partial charge < -0.3 is 10.8 Å². The van der Waals surface area contributed by atoms with Crippen LogP contribution in [0.5, 0.6) is 0 Å². The van der Waals surface area contributed by atoms with Crippen LogP contribution in [0.15, 0.2) is 24.3 Å². The fourth-order valence-electron chi connectivity index (χ4n) is 2.51. The summed E-state index contributed by atoms with van der Waals surface area (Å²) >= 11 is 0. The van der Waals surface area contributed by atoms with Crippen molar-refractivity contribution in [3.63, 3.8) is 0 Å². The number of carboxylic acids is 1. The largest absolute Gasteiger partial charge is 0.481 e. The summed E-state index contributed by atoms with van der Waals surface area (Å²) in [6.45, 7) is 3.39. The number of hydrogen-bond acceptors (Lipinski definition) is 3. The van der Waals surface area contributed by atoms with Crippen LogP contribution in [0.4, 0.5) is 0 Å². The average molecular weight is 262 g/mol. The summed E-state index contributed by atoms with van der Waals surface area (Å²) in [4.78, 5) is 13.0. The maximum absolute atomic E-state index is 10.5. The molecular weight excluding hydrogens is 240 g/mol. The molecule has 1 heterocycles. The summed E-state index contributed by atoms with van der Waals surface area (Å²) in [5.74, 6) is -0.791. The van der Waals surface area contributed by atoms with E-state index in [4.69, 9.17) is 10.8 Å². The van der Waals surface area contributed by atoms with Crippen molar-refractivity contribution in [3.8, 4) is 0 Å². The van der Waals surface area contributed by atoms with Crippen molar-refractivity contribution in [2.24, 2.45) is 5.73 Å². The third kappa shape index (κ3) is 4.33. The van der Waals surface area contributed by atoms with E-state index in [0.717, 1.165) is 12.1 Å². The Labute approximate surface area is 114 Å². The highest BCUT2D eigenvalue weighted by Gasteiger charge is 2.12. The lowest BCUT2D eigenvalue weighted by atomic mass is 10.0. The number of benzene rings is 1. The van der Waals surface area contributed by atoms with E-state index in [2.05, 4.69) is 17.0 Å². The van der Waals surface area contributed by atoms with Gasteiger partial charge in [-0.2, -0.15) is 0 Å². The first-order valence-electron chi connectivity index (χ1n) is 6.94. The summed E-state index contributed by atoms with van der Waals surface area (Å²) in [5.41, 5.74) is 8.30. The lowest BCUT2D eigenvalue weighted by molar-refractivity contribution is -0.137. The maximum Gasteiger partial charge on any atom is 0.303 e. The Balaban J connectivity index is 1.87. The van der Waals surface area contributed by atoms with Gasteiger partial charge in [-0.1, -0.05) is 24.3 Å². The van der Waals surface area contributed by atoms with Crippen molar-refractivity contribution in [1.29, 1.82) is 0 Å². The van der Waals surface area contributed by atoms with E-state index in [0.29, 0.717) is 6.42 Å². The third-order valence-corrected chi connectivity index (χ3v) is 3.68. The van der Waals surface area contributed by atoms with Crippen LogP contribution >= 0.6 is 0 Å². The normalized spacial score (nSPS) is 17.5. The molecule has 0 radical (unpaired) electrons. The quantitative estimate of drug-likeness (QED) is 0.824. The molecule has 0 spiro atoms. The van der Waals surface area contributed by atoms with Crippen LogP contribution in [-0.4, -0.2) is 29.1 Å². The Kier molecular flexibility index (Phi) is 4.93. The molecule has 1 aliphatic heterocycles. The van der Waals surface area contributed by atoms with Gasteiger partial charge in [-0.25, -0.2) is 0 Å². The molecule has 0 saturated carbocycles. The number of hydrogen-bond donors (Lipinski definition) is 2. The van der Waals surface area contributed by atoms with E-state index < -0.39 is 5.97 Å². The molecule has 0 amide bonds. The minimum Gasteiger partial charge on any atom is -0.481 e. The number of likely N-dealkylation sites (tertiary alicyclic amines) is 1. The first-order chi connectivity index (χ1) is 9.15. The molecule has 0 aliphatic carbocycles. The molecule has 104 valence electrons. The highest BCUT2D eigenvalue weighted by atomic mass is 16.4. The van der Waals surface area contributed by atoms with Crippen molar-refractivity contribution in [1.82, 2.24) is 4.90 Å². The molecule has 1 fully saturated rings. The summed E-state index contributed by atoms with van der Waals surface area (Å²) in [6, 6.07) is 8.08. The molecule has 0 aromatic heterocycles. The van der Waals surface area contributed by atoms with Crippen molar-refractivity contribution >= 4 is 5.97 Å². The van der Waals surface area contributed by atoms with Gasteiger partial charge in [0.1, 0.15) is 0 Å². The zero-order valence-corrected chi connectivity index (χ0v) is 11.2. The van der Waals surface area contributed by atoms with Crippen LogP contribution in [0.25, 0.3) is 0 Å². The average Bonchev–Trinajstić information content (AvgIpc) is 2.89. The predicted octanol–water partition coefficient (Wildman–Crippen LogP) is 2.15. The minimum atomic E-state index is -0.791. The Hall–Kier alpha value is -1.39. The van der Waals surface area contributed by atoms with Crippen molar-refractivity contribution in [3.05, 3.63) is 35.4 Å². The molecule has 19 heavy (non-hydrogen) atoms. The number of rotatable bonds is 6. The number of aliphatic carboxylic acids is 1. The molecule has 2 rings (SSSR count). The summed E-state index contributed by atoms with van der Waals surface area (Å²) < 4.78 is 0. The highest BCUT2D eigenvalue weighted by Crippen LogP contribution is 2.18. The van der Waals surface area contributed by atoms with Gasteiger partial charge in [0.15, 0.2) is 0 Å². The van der Waals surface area contributed by atoms with E-state index in [-0.39, 0.29) is 12.5 Å². The molecule has 1 atom stereocenters. The predicted molar refractivity (Wildman–Crippen MR) is 74.8 cm³/mol. The van der Waals surface area contributed by atoms with Crippen molar-refractivity contribution in [2.75, 3.05) is 13.1 Å². The van der Waals surface area contributed by atoms with Crippen molar-refractivity contribution in [2.45, 2.75) is 38.3 Å². The Morgan fingerprint density at radius 2 is 1.89 bits per heavy atom. The molecule has 0 bridgehead atoms. The number of nitrogens with zero attached hydrogens (tertiary/aromatic N) is 1. The number of nitrogens with two attached hydrogens (primary N) is 1. The highest BCUT2D eigenvalue weighted by molar-refractivity contribution is 5.66. The van der Waals surface area contributed by atoms with Crippen LogP contribution < -0.4 is 5.73 Å². The first kappa shape index (κ1) is 14.0. The van der Waals surface area contributed by atoms with Crippen LogP contribution in [0.3, 0.4) is 0 Å². The van der Waals surface area contributed by atoms with Gasteiger partial charge in [-0.3, -0.25) is 9.69 Å². The third-order valence-electron chi connectivity index (χ3n) is 3.68. The van der Waals surface area contributed by atoms with E-state index in [9.17, 15) is 4.79 Å². The fraction of sp³-hybridized carbons (Fsp3) is 0.533. The molecule has 3 N–H and O–H groups in total. The molecule has 1 saturated heterocycles. The number of carbonyl (C=O) groups is 1. The zero-order chi connectivity index (χ0) is 13.7. The van der Waals surface area contributed by atoms with Gasteiger partial charge >= 0.3 is 5.97 Å². The van der Waals surface area contributed by atoms with E-state index in [1.54, 1.807) is 0 Å². The van der Waals surface area contributed by atoms with Crippen LogP contribution in [0.1, 0.15) is 42.9 Å². The number of carboxylic acid groups (broad SMARTS) is 1. The topological polar surface area (TPSA) is 66.6 Å². The molecule has 1 aromatic rings. The Morgan fingerprint density at radius 1 is 1.26 bits per heavy atom. The van der Waals surface area contributed by atoms with Crippen LogP contribution in [0, 0.1) is 0 Å². The maximum atomic E-state index is 10.5. The van der Waals surface area contributed by atoms with Crippen molar-refractivity contribution < 1.29 is 9.90 Å². The summed E-state index contributed by atoms with van der Waals surface area (Å²) in [5, 5.41) is 8.65. The summed E-state index contributed by atoms with van der Waals surface area (Å²) in [7, 11) is 0. The smallest absolute Gasteiger partial charge is 0.303 e. The van der Waals surface area contributed by atoms with E-state index >= 15 is 0 Å². The minimum absolute atomic E-state index is 0.122. The Bertz CT molecular complexity index is 411. The van der Waals surface area contributed by atoms with Gasteiger partial charge in [0, 0.05) is 19.0 Å². The fourth-order valence-corrected chi connectivity index (χ4v) is 2.51. The van der Waals surface area contributed by atoms with Gasteiger partial charge in [-0.15, -0.1) is 0 Å². The van der Waals surface area contributed by atoms with E-state index in [1.807, 2.05) is 12.1 Å². The molecule has 1 aliphatic rings.